The van der Waals surface area contributed by atoms with Gasteiger partial charge >= 0.3 is 11.9 Å². The molecule has 0 spiro atoms. The highest BCUT2D eigenvalue weighted by molar-refractivity contribution is 7.99. The van der Waals surface area contributed by atoms with Crippen molar-refractivity contribution in [1.82, 2.24) is 0 Å². The molecule has 3 rings (SSSR count). The number of cyclic esters (lactones) is 2. The van der Waals surface area contributed by atoms with E-state index in [-0.39, 0.29) is 16.8 Å². The second-order valence-electron chi connectivity index (χ2n) is 5.14. The van der Waals surface area contributed by atoms with E-state index in [1.54, 1.807) is 18.2 Å². The number of carbonyl (C=O) groups is 2. The summed E-state index contributed by atoms with van der Waals surface area (Å²) in [6.45, 7) is 2.04. The van der Waals surface area contributed by atoms with Crippen LogP contribution in [0, 0.1) is 10.1 Å². The molecule has 0 aliphatic carbocycles. The highest BCUT2D eigenvalue weighted by atomic mass is 32.2. The molecule has 7 heteroatoms. The Hall–Kier alpha value is -2.41. The summed E-state index contributed by atoms with van der Waals surface area (Å²) in [6.07, 6.45) is 1.90. The molecule has 0 radical (unpaired) electrons. The zero-order chi connectivity index (χ0) is 16.6. The number of nitrogens with zero attached hydrogens (tertiary/aromatic N) is 1. The number of hydrogen-bond acceptors (Lipinski definition) is 6. The van der Waals surface area contributed by atoms with Gasteiger partial charge in [0.2, 0.25) is 0 Å². The molecule has 1 aliphatic heterocycles. The molecule has 2 aromatic carbocycles. The first kappa shape index (κ1) is 15.5. The van der Waals surface area contributed by atoms with Crippen LogP contribution in [0.1, 0.15) is 40.5 Å². The Morgan fingerprint density at radius 3 is 2.65 bits per heavy atom. The molecular formula is C16H13NO5S. The standard InChI is InChI=1S/C16H13NO5S/c1-2-3-7-23-14-9-5-4-6-10-13(9)11(8-12(14)17(20)21)16(19)22-15(10)18/h4-6,8H,2-3,7H2,1H3. The van der Waals surface area contributed by atoms with Crippen molar-refractivity contribution in [3.63, 3.8) is 0 Å². The maximum Gasteiger partial charge on any atom is 0.346 e. The topological polar surface area (TPSA) is 86.5 Å². The van der Waals surface area contributed by atoms with Gasteiger partial charge in [-0.1, -0.05) is 25.5 Å². The average Bonchev–Trinajstić information content (AvgIpc) is 2.52. The van der Waals surface area contributed by atoms with Crippen LogP contribution in [0.5, 0.6) is 0 Å². The number of rotatable bonds is 5. The number of esters is 2. The van der Waals surface area contributed by atoms with Crippen LogP contribution < -0.4 is 0 Å². The minimum absolute atomic E-state index is 0.0711. The predicted molar refractivity (Wildman–Crippen MR) is 86.0 cm³/mol. The lowest BCUT2D eigenvalue weighted by Gasteiger charge is -2.17. The van der Waals surface area contributed by atoms with Gasteiger partial charge in [0.1, 0.15) is 0 Å². The van der Waals surface area contributed by atoms with Crippen LogP contribution in [-0.2, 0) is 4.74 Å². The van der Waals surface area contributed by atoms with Crippen LogP contribution >= 0.6 is 11.8 Å². The molecule has 1 heterocycles. The molecule has 0 aromatic heterocycles. The van der Waals surface area contributed by atoms with Gasteiger partial charge in [-0.3, -0.25) is 10.1 Å². The lowest BCUT2D eigenvalue weighted by molar-refractivity contribution is -0.387. The summed E-state index contributed by atoms with van der Waals surface area (Å²) in [5.74, 6) is -0.827. The van der Waals surface area contributed by atoms with Gasteiger partial charge in [0.05, 0.1) is 20.9 Å². The Balaban J connectivity index is 2.31. The summed E-state index contributed by atoms with van der Waals surface area (Å²) < 4.78 is 4.67. The Morgan fingerprint density at radius 2 is 1.96 bits per heavy atom. The Bertz CT molecular complexity index is 846. The number of benzene rings is 2. The number of ether oxygens (including phenoxy) is 1. The van der Waals surface area contributed by atoms with Crippen LogP contribution in [-0.4, -0.2) is 22.6 Å². The van der Waals surface area contributed by atoms with Crippen LogP contribution in [0.25, 0.3) is 10.8 Å². The molecule has 6 nitrogen and oxygen atoms in total. The second kappa shape index (κ2) is 6.00. The maximum atomic E-state index is 12.0. The van der Waals surface area contributed by atoms with Crippen molar-refractivity contribution < 1.29 is 19.2 Å². The smallest absolute Gasteiger partial charge is 0.346 e. The summed E-state index contributed by atoms with van der Waals surface area (Å²) in [4.78, 5) is 35.3. The summed E-state index contributed by atoms with van der Waals surface area (Å²) in [5.41, 5.74) is 0.211. The van der Waals surface area contributed by atoms with Crippen molar-refractivity contribution in [2.75, 3.05) is 5.75 Å². The van der Waals surface area contributed by atoms with E-state index >= 15 is 0 Å². The van der Waals surface area contributed by atoms with Gasteiger partial charge in [0, 0.05) is 16.8 Å². The average molecular weight is 331 g/mol. The minimum Gasteiger partial charge on any atom is -0.386 e. The van der Waals surface area contributed by atoms with Gasteiger partial charge in [-0.25, -0.2) is 9.59 Å². The number of nitro benzene ring substituents is 1. The van der Waals surface area contributed by atoms with Gasteiger partial charge < -0.3 is 4.74 Å². The number of thioether (sulfide) groups is 1. The molecule has 1 aliphatic rings. The van der Waals surface area contributed by atoms with E-state index in [2.05, 4.69) is 4.74 Å². The first-order chi connectivity index (χ1) is 11.0. The summed E-state index contributed by atoms with van der Waals surface area (Å²) in [6, 6.07) is 6.13. The third-order valence-corrected chi connectivity index (χ3v) is 4.87. The molecule has 2 aromatic rings. The minimum atomic E-state index is -0.841. The first-order valence-corrected chi connectivity index (χ1v) is 8.16. The molecule has 0 saturated heterocycles. The maximum absolute atomic E-state index is 12.0. The highest BCUT2D eigenvalue weighted by Crippen LogP contribution is 2.41. The fraction of sp³-hybridized carbons (Fsp3) is 0.250. The van der Waals surface area contributed by atoms with Crippen molar-refractivity contribution in [3.05, 3.63) is 45.5 Å². The Labute approximate surface area is 136 Å². The SMILES string of the molecule is CCCCSc1c([N+](=O)[O-])cc2c3c(cccc13)C(=O)OC2=O. The fourth-order valence-corrected chi connectivity index (χ4v) is 3.82. The molecule has 0 fully saturated rings. The van der Waals surface area contributed by atoms with Gasteiger partial charge in [0.15, 0.2) is 0 Å². The number of unbranched alkanes of at least 4 members (excludes halogenated alkanes) is 1. The van der Waals surface area contributed by atoms with E-state index in [4.69, 9.17) is 0 Å². The highest BCUT2D eigenvalue weighted by Gasteiger charge is 2.32. The van der Waals surface area contributed by atoms with Gasteiger partial charge in [0.25, 0.3) is 5.69 Å². The van der Waals surface area contributed by atoms with E-state index in [1.807, 2.05) is 6.92 Å². The predicted octanol–water partition coefficient (Wildman–Crippen LogP) is 3.95. The van der Waals surface area contributed by atoms with E-state index in [0.29, 0.717) is 15.7 Å². The number of nitro groups is 1. The molecule has 0 atom stereocenters. The molecule has 0 bridgehead atoms. The van der Waals surface area contributed by atoms with Crippen molar-refractivity contribution in [3.8, 4) is 0 Å². The third-order valence-electron chi connectivity index (χ3n) is 3.66. The normalized spacial score (nSPS) is 13.3. The van der Waals surface area contributed by atoms with Gasteiger partial charge in [-0.2, -0.15) is 0 Å². The van der Waals surface area contributed by atoms with Gasteiger partial charge in [-0.15, -0.1) is 11.8 Å². The number of carbonyl (C=O) groups excluding carboxylic acids is 2. The monoisotopic (exact) mass is 331 g/mol. The van der Waals surface area contributed by atoms with Crippen molar-refractivity contribution >= 4 is 40.2 Å². The Morgan fingerprint density at radius 1 is 1.22 bits per heavy atom. The largest absolute Gasteiger partial charge is 0.386 e. The van der Waals surface area contributed by atoms with E-state index < -0.39 is 16.9 Å². The van der Waals surface area contributed by atoms with Crippen molar-refractivity contribution in [1.29, 1.82) is 0 Å². The van der Waals surface area contributed by atoms with Crippen LogP contribution in [0.2, 0.25) is 0 Å². The third kappa shape index (κ3) is 2.57. The van der Waals surface area contributed by atoms with E-state index in [9.17, 15) is 19.7 Å². The lowest BCUT2D eigenvalue weighted by atomic mass is 9.96. The quantitative estimate of drug-likeness (QED) is 0.206. The van der Waals surface area contributed by atoms with E-state index in [0.717, 1.165) is 18.6 Å². The van der Waals surface area contributed by atoms with Crippen LogP contribution in [0.15, 0.2) is 29.2 Å². The Kier molecular flexibility index (Phi) is 4.04. The molecule has 0 unspecified atom stereocenters. The molecule has 0 N–H and O–H groups in total. The van der Waals surface area contributed by atoms with E-state index in [1.165, 1.54) is 17.8 Å². The second-order valence-corrected chi connectivity index (χ2v) is 6.24. The van der Waals surface area contributed by atoms with Crippen LogP contribution in [0.4, 0.5) is 5.69 Å². The fourth-order valence-electron chi connectivity index (χ4n) is 2.58. The molecule has 0 amide bonds. The zero-order valence-corrected chi connectivity index (χ0v) is 13.1. The van der Waals surface area contributed by atoms with Crippen molar-refractivity contribution in [2.45, 2.75) is 24.7 Å². The van der Waals surface area contributed by atoms with Gasteiger partial charge in [-0.05, 0) is 18.2 Å². The van der Waals surface area contributed by atoms with Crippen LogP contribution in [0.3, 0.4) is 0 Å². The first-order valence-electron chi connectivity index (χ1n) is 7.18. The molecule has 0 saturated carbocycles. The lowest BCUT2D eigenvalue weighted by Crippen LogP contribution is -2.20. The van der Waals surface area contributed by atoms with Crippen molar-refractivity contribution in [2.24, 2.45) is 0 Å². The number of hydrogen-bond donors (Lipinski definition) is 0. The summed E-state index contributed by atoms with van der Waals surface area (Å²) >= 11 is 1.38. The zero-order valence-electron chi connectivity index (χ0n) is 12.3. The molecule has 23 heavy (non-hydrogen) atoms. The molecular weight excluding hydrogens is 318 g/mol. The summed E-state index contributed by atoms with van der Waals surface area (Å²) in [5, 5.41) is 12.4. The summed E-state index contributed by atoms with van der Waals surface area (Å²) in [7, 11) is 0. The molecule has 118 valence electrons.